The SMILES string of the molecule is Cc1oncc1C(O)C(F)(F)F. The molecule has 0 bridgehead atoms. The van der Waals surface area contributed by atoms with E-state index in [0.717, 1.165) is 6.20 Å². The average molecular weight is 181 g/mol. The summed E-state index contributed by atoms with van der Waals surface area (Å²) in [5.41, 5.74) is -0.345. The van der Waals surface area contributed by atoms with Crippen LogP contribution in [0.1, 0.15) is 17.4 Å². The van der Waals surface area contributed by atoms with Gasteiger partial charge in [0.1, 0.15) is 5.76 Å². The lowest BCUT2D eigenvalue weighted by atomic mass is 10.1. The molecule has 0 aliphatic heterocycles. The molecule has 0 spiro atoms. The number of hydrogen-bond donors (Lipinski definition) is 1. The van der Waals surface area contributed by atoms with Gasteiger partial charge in [-0.25, -0.2) is 0 Å². The van der Waals surface area contributed by atoms with Crippen LogP contribution < -0.4 is 0 Å². The van der Waals surface area contributed by atoms with Crippen molar-refractivity contribution in [3.63, 3.8) is 0 Å². The summed E-state index contributed by atoms with van der Waals surface area (Å²) in [4.78, 5) is 0. The van der Waals surface area contributed by atoms with Gasteiger partial charge in [-0.1, -0.05) is 5.16 Å². The molecule has 0 amide bonds. The van der Waals surface area contributed by atoms with Gasteiger partial charge >= 0.3 is 6.18 Å². The van der Waals surface area contributed by atoms with Crippen molar-refractivity contribution in [1.29, 1.82) is 0 Å². The Labute approximate surface area is 65.8 Å². The number of halogens is 3. The van der Waals surface area contributed by atoms with Gasteiger partial charge in [-0.05, 0) is 6.92 Å². The molecule has 0 saturated heterocycles. The monoisotopic (exact) mass is 181 g/mol. The highest BCUT2D eigenvalue weighted by molar-refractivity contribution is 5.16. The third kappa shape index (κ3) is 1.58. The van der Waals surface area contributed by atoms with E-state index in [9.17, 15) is 13.2 Å². The van der Waals surface area contributed by atoms with E-state index < -0.39 is 12.3 Å². The summed E-state index contributed by atoms with van der Waals surface area (Å²) in [6.45, 7) is 1.30. The highest BCUT2D eigenvalue weighted by Gasteiger charge is 2.41. The minimum atomic E-state index is -4.67. The van der Waals surface area contributed by atoms with Gasteiger partial charge in [0.15, 0.2) is 6.10 Å². The van der Waals surface area contributed by atoms with E-state index >= 15 is 0 Å². The number of aromatic nitrogens is 1. The van der Waals surface area contributed by atoms with Crippen LogP contribution in [0.15, 0.2) is 10.7 Å². The molecule has 0 radical (unpaired) electrons. The quantitative estimate of drug-likeness (QED) is 0.715. The fraction of sp³-hybridized carbons (Fsp3) is 0.500. The molecule has 0 fully saturated rings. The van der Waals surface area contributed by atoms with Crippen molar-refractivity contribution >= 4 is 0 Å². The standard InChI is InChI=1S/C6H6F3NO2/c1-3-4(2-10-12-3)5(11)6(7,8)9/h2,5,11H,1H3. The molecule has 1 aromatic heterocycles. The summed E-state index contributed by atoms with van der Waals surface area (Å²) in [5, 5.41) is 11.8. The minimum Gasteiger partial charge on any atom is -0.379 e. The average Bonchev–Trinajstić information content (AvgIpc) is 2.31. The maximum absolute atomic E-state index is 11.9. The molecular weight excluding hydrogens is 175 g/mol. The second-order valence-corrected chi connectivity index (χ2v) is 2.28. The van der Waals surface area contributed by atoms with Crippen LogP contribution in [0.3, 0.4) is 0 Å². The Kier molecular flexibility index (Phi) is 2.10. The van der Waals surface area contributed by atoms with Crippen LogP contribution in [0.5, 0.6) is 0 Å². The zero-order chi connectivity index (χ0) is 9.35. The molecule has 1 heterocycles. The Morgan fingerprint density at radius 2 is 2.17 bits per heavy atom. The normalized spacial score (nSPS) is 14.8. The van der Waals surface area contributed by atoms with E-state index in [1.165, 1.54) is 6.92 Å². The number of aliphatic hydroxyl groups excluding tert-OH is 1. The van der Waals surface area contributed by atoms with Gasteiger partial charge in [-0.2, -0.15) is 13.2 Å². The Morgan fingerprint density at radius 1 is 1.58 bits per heavy atom. The largest absolute Gasteiger partial charge is 0.418 e. The maximum atomic E-state index is 11.9. The predicted molar refractivity (Wildman–Crippen MR) is 32.3 cm³/mol. The van der Waals surface area contributed by atoms with Crippen LogP contribution in [0.25, 0.3) is 0 Å². The van der Waals surface area contributed by atoms with Crippen LogP contribution >= 0.6 is 0 Å². The summed E-state index contributed by atoms with van der Waals surface area (Å²) in [6.07, 6.45) is -6.33. The molecule has 12 heavy (non-hydrogen) atoms. The molecule has 0 saturated carbocycles. The molecule has 0 aromatic carbocycles. The summed E-state index contributed by atoms with van der Waals surface area (Å²) in [7, 11) is 0. The topological polar surface area (TPSA) is 46.3 Å². The Balaban J connectivity index is 2.92. The van der Waals surface area contributed by atoms with Gasteiger partial charge in [-0.15, -0.1) is 0 Å². The molecule has 0 aliphatic rings. The fourth-order valence-corrected chi connectivity index (χ4v) is 0.745. The molecular formula is C6H6F3NO2. The third-order valence-electron chi connectivity index (χ3n) is 1.39. The molecule has 1 aromatic rings. The van der Waals surface area contributed by atoms with Crippen LogP contribution in [-0.2, 0) is 0 Å². The summed E-state index contributed by atoms with van der Waals surface area (Å²) in [6, 6.07) is 0. The Hall–Kier alpha value is -1.04. The first kappa shape index (κ1) is 9.05. The lowest BCUT2D eigenvalue weighted by Crippen LogP contribution is -2.20. The molecule has 68 valence electrons. The maximum Gasteiger partial charge on any atom is 0.418 e. The molecule has 1 atom stereocenters. The fourth-order valence-electron chi connectivity index (χ4n) is 0.745. The van der Waals surface area contributed by atoms with Gasteiger partial charge in [0.05, 0.1) is 11.8 Å². The number of aliphatic hydroxyl groups is 1. The van der Waals surface area contributed by atoms with Crippen LogP contribution in [0.4, 0.5) is 13.2 Å². The highest BCUT2D eigenvalue weighted by atomic mass is 19.4. The van der Waals surface area contributed by atoms with E-state index in [1.807, 2.05) is 0 Å². The van der Waals surface area contributed by atoms with E-state index in [2.05, 4.69) is 9.68 Å². The van der Waals surface area contributed by atoms with E-state index in [4.69, 9.17) is 5.11 Å². The lowest BCUT2D eigenvalue weighted by molar-refractivity contribution is -0.207. The summed E-state index contributed by atoms with van der Waals surface area (Å²) < 4.78 is 40.0. The zero-order valence-electron chi connectivity index (χ0n) is 6.09. The molecule has 1 N–H and O–H groups in total. The Morgan fingerprint density at radius 3 is 2.50 bits per heavy atom. The number of alkyl halides is 3. The van der Waals surface area contributed by atoms with Gasteiger partial charge in [0.25, 0.3) is 0 Å². The number of aryl methyl sites for hydroxylation is 1. The Bertz CT molecular complexity index is 268. The third-order valence-corrected chi connectivity index (χ3v) is 1.39. The molecule has 0 aliphatic carbocycles. The number of rotatable bonds is 1. The van der Waals surface area contributed by atoms with Gasteiger partial charge in [0.2, 0.25) is 0 Å². The van der Waals surface area contributed by atoms with Crippen molar-refractivity contribution in [3.05, 3.63) is 17.5 Å². The van der Waals surface area contributed by atoms with Crippen LogP contribution in [0, 0.1) is 6.92 Å². The number of nitrogens with zero attached hydrogens (tertiary/aromatic N) is 1. The molecule has 6 heteroatoms. The molecule has 1 rings (SSSR count). The highest BCUT2D eigenvalue weighted by Crippen LogP contribution is 2.33. The predicted octanol–water partition coefficient (Wildman–Crippen LogP) is 1.58. The first-order valence-electron chi connectivity index (χ1n) is 3.09. The van der Waals surface area contributed by atoms with Crippen LogP contribution in [0.2, 0.25) is 0 Å². The van der Waals surface area contributed by atoms with Crippen molar-refractivity contribution in [2.45, 2.75) is 19.2 Å². The molecule has 3 nitrogen and oxygen atoms in total. The first-order chi connectivity index (χ1) is 5.43. The van der Waals surface area contributed by atoms with Crippen molar-refractivity contribution in [2.75, 3.05) is 0 Å². The van der Waals surface area contributed by atoms with Gasteiger partial charge in [0, 0.05) is 0 Å². The second-order valence-electron chi connectivity index (χ2n) is 2.28. The zero-order valence-corrected chi connectivity index (χ0v) is 6.09. The van der Waals surface area contributed by atoms with Gasteiger partial charge < -0.3 is 9.63 Å². The smallest absolute Gasteiger partial charge is 0.379 e. The van der Waals surface area contributed by atoms with Crippen LogP contribution in [-0.4, -0.2) is 16.4 Å². The summed E-state index contributed by atoms with van der Waals surface area (Å²) in [5.74, 6) is -0.0279. The van der Waals surface area contributed by atoms with E-state index in [1.54, 1.807) is 0 Å². The minimum absolute atomic E-state index is 0.0279. The van der Waals surface area contributed by atoms with Crippen molar-refractivity contribution in [2.24, 2.45) is 0 Å². The molecule has 1 unspecified atom stereocenters. The van der Waals surface area contributed by atoms with Crippen molar-refractivity contribution in [3.8, 4) is 0 Å². The summed E-state index contributed by atoms with van der Waals surface area (Å²) >= 11 is 0. The van der Waals surface area contributed by atoms with E-state index in [-0.39, 0.29) is 11.3 Å². The van der Waals surface area contributed by atoms with Crippen molar-refractivity contribution in [1.82, 2.24) is 5.16 Å². The first-order valence-corrected chi connectivity index (χ1v) is 3.09. The second kappa shape index (κ2) is 2.78. The van der Waals surface area contributed by atoms with Crippen molar-refractivity contribution < 1.29 is 22.8 Å². The van der Waals surface area contributed by atoms with Gasteiger partial charge in [-0.3, -0.25) is 0 Å². The van der Waals surface area contributed by atoms with E-state index in [0.29, 0.717) is 0 Å². The number of hydrogen-bond acceptors (Lipinski definition) is 3. The lowest BCUT2D eigenvalue weighted by Gasteiger charge is -2.12.